The molecule has 0 unspecified atom stereocenters. The number of nitrogens with one attached hydrogen (secondary N) is 2. The molecule has 1 aromatic carbocycles. The van der Waals surface area contributed by atoms with Crippen LogP contribution < -0.4 is 21.2 Å². The van der Waals surface area contributed by atoms with Crippen molar-refractivity contribution in [2.24, 2.45) is 12.5 Å². The minimum Gasteiger partial charge on any atom is -0.490 e. The zero-order chi connectivity index (χ0) is 22.5. The van der Waals surface area contributed by atoms with Crippen LogP contribution in [0.1, 0.15) is 12.8 Å². The topological polar surface area (TPSA) is 92.2 Å². The molecular formula is C22H23ClFN5O3. The first kappa shape index (κ1) is 21.0. The van der Waals surface area contributed by atoms with E-state index in [0.717, 1.165) is 32.5 Å². The number of halogens is 2. The van der Waals surface area contributed by atoms with Gasteiger partial charge in [0.15, 0.2) is 0 Å². The number of aryl methyl sites for hydroxylation is 1. The van der Waals surface area contributed by atoms with Crippen LogP contribution in [0.25, 0.3) is 10.8 Å². The fourth-order valence-electron chi connectivity index (χ4n) is 4.83. The van der Waals surface area contributed by atoms with Gasteiger partial charge in [0.25, 0.3) is 11.1 Å². The maximum Gasteiger partial charge on any atom is 0.285 e. The summed E-state index contributed by atoms with van der Waals surface area (Å²) < 4.78 is 21.7. The molecule has 5 rings (SSSR count). The minimum absolute atomic E-state index is 0.0638. The number of aromatic amines is 1. The number of ether oxygens (including phenoxy) is 1. The number of benzene rings is 1. The highest BCUT2D eigenvalue weighted by molar-refractivity contribution is 6.32. The van der Waals surface area contributed by atoms with Crippen LogP contribution in [0.15, 0.2) is 40.2 Å². The molecule has 2 N–H and O–H groups in total. The molecule has 10 heteroatoms. The summed E-state index contributed by atoms with van der Waals surface area (Å²) in [6.45, 7) is 3.47. The van der Waals surface area contributed by atoms with E-state index >= 15 is 0 Å². The smallest absolute Gasteiger partial charge is 0.285 e. The maximum atomic E-state index is 14.2. The number of hydrogen-bond acceptors (Lipinski definition) is 6. The molecule has 1 aliphatic carbocycles. The summed E-state index contributed by atoms with van der Waals surface area (Å²) >= 11 is 5.96. The Morgan fingerprint density at radius 1 is 1.31 bits per heavy atom. The molecule has 3 heterocycles. The maximum absolute atomic E-state index is 14.2. The van der Waals surface area contributed by atoms with Gasteiger partial charge in [0.05, 0.1) is 23.4 Å². The second kappa shape index (κ2) is 7.90. The zero-order valence-corrected chi connectivity index (χ0v) is 18.3. The average molecular weight is 460 g/mol. The molecule has 8 nitrogen and oxygen atoms in total. The van der Waals surface area contributed by atoms with Gasteiger partial charge in [-0.15, -0.1) is 0 Å². The van der Waals surface area contributed by atoms with E-state index in [2.05, 4.69) is 20.4 Å². The van der Waals surface area contributed by atoms with E-state index in [9.17, 15) is 14.0 Å². The number of fused-ring (bicyclic) bond motifs is 1. The van der Waals surface area contributed by atoms with Crippen LogP contribution in [0.2, 0.25) is 5.02 Å². The van der Waals surface area contributed by atoms with Gasteiger partial charge >= 0.3 is 0 Å². The fourth-order valence-corrected chi connectivity index (χ4v) is 4.99. The highest BCUT2D eigenvalue weighted by Gasteiger charge is 2.53. The molecule has 2 aliphatic rings. The summed E-state index contributed by atoms with van der Waals surface area (Å²) in [5.74, 6) is 0.0294. The summed E-state index contributed by atoms with van der Waals surface area (Å²) in [6, 6.07) is 4.63. The van der Waals surface area contributed by atoms with Crippen molar-refractivity contribution in [2.45, 2.75) is 18.9 Å². The van der Waals surface area contributed by atoms with E-state index < -0.39 is 11.4 Å². The molecule has 0 atom stereocenters. The van der Waals surface area contributed by atoms with Crippen LogP contribution in [-0.4, -0.2) is 51.9 Å². The van der Waals surface area contributed by atoms with E-state index in [4.69, 9.17) is 16.3 Å². The van der Waals surface area contributed by atoms with E-state index in [1.54, 1.807) is 25.4 Å². The van der Waals surface area contributed by atoms with Crippen molar-refractivity contribution >= 4 is 28.1 Å². The number of aromatic nitrogens is 3. The largest absolute Gasteiger partial charge is 0.490 e. The molecule has 1 saturated carbocycles. The quantitative estimate of drug-likeness (QED) is 0.588. The molecule has 2 aromatic heterocycles. The third kappa shape index (κ3) is 3.65. The summed E-state index contributed by atoms with van der Waals surface area (Å²) in [5, 5.41) is 9.89. The van der Waals surface area contributed by atoms with Crippen molar-refractivity contribution < 1.29 is 9.13 Å². The second-order valence-electron chi connectivity index (χ2n) is 8.78. The van der Waals surface area contributed by atoms with Crippen LogP contribution in [-0.2, 0) is 7.05 Å². The Labute approximate surface area is 187 Å². The van der Waals surface area contributed by atoms with Gasteiger partial charge in [0, 0.05) is 50.2 Å². The third-order valence-corrected chi connectivity index (χ3v) is 6.80. The van der Waals surface area contributed by atoms with Gasteiger partial charge in [0.2, 0.25) is 0 Å². The van der Waals surface area contributed by atoms with Crippen LogP contribution in [0.4, 0.5) is 10.1 Å². The predicted octanol–water partition coefficient (Wildman–Crippen LogP) is 2.37. The summed E-state index contributed by atoms with van der Waals surface area (Å²) in [5.41, 5.74) is 0.0224. The van der Waals surface area contributed by atoms with Crippen LogP contribution in [0.3, 0.4) is 0 Å². The first-order valence-electron chi connectivity index (χ1n) is 10.5. The Hall–Kier alpha value is -2.91. The molecule has 1 aliphatic heterocycles. The number of H-pyrrole nitrogens is 1. The average Bonchev–Trinajstić information content (AvgIpc) is 2.71. The van der Waals surface area contributed by atoms with Crippen LogP contribution in [0.5, 0.6) is 5.75 Å². The molecule has 168 valence electrons. The Balaban J connectivity index is 1.13. The van der Waals surface area contributed by atoms with Crippen molar-refractivity contribution in [3.8, 4) is 5.75 Å². The molecule has 0 bridgehead atoms. The van der Waals surface area contributed by atoms with Gasteiger partial charge in [-0.2, -0.15) is 5.10 Å². The molecule has 32 heavy (non-hydrogen) atoms. The van der Waals surface area contributed by atoms with Gasteiger partial charge in [-0.25, -0.2) is 9.49 Å². The number of rotatable bonds is 6. The van der Waals surface area contributed by atoms with Gasteiger partial charge in [-0.3, -0.25) is 9.59 Å². The zero-order valence-electron chi connectivity index (χ0n) is 17.5. The minimum atomic E-state index is -0.529. The van der Waals surface area contributed by atoms with E-state index in [0.29, 0.717) is 23.4 Å². The first-order valence-corrected chi connectivity index (χ1v) is 10.9. The number of likely N-dealkylation sites (tertiary alicyclic amines) is 1. The van der Waals surface area contributed by atoms with Gasteiger partial charge in [0.1, 0.15) is 16.6 Å². The summed E-state index contributed by atoms with van der Waals surface area (Å²) in [6.07, 6.45) is 5.07. The normalized spacial score (nSPS) is 17.8. The van der Waals surface area contributed by atoms with Gasteiger partial charge in [-0.1, -0.05) is 11.6 Å². The number of hydrogen-bond donors (Lipinski definition) is 2. The van der Waals surface area contributed by atoms with Gasteiger partial charge in [-0.05, 0) is 31.0 Å². The molecule has 1 saturated heterocycles. The number of anilines is 1. The van der Waals surface area contributed by atoms with Crippen molar-refractivity contribution in [1.82, 2.24) is 19.7 Å². The Bertz CT molecular complexity index is 1290. The summed E-state index contributed by atoms with van der Waals surface area (Å²) in [7, 11) is 1.60. The van der Waals surface area contributed by atoms with E-state index in [1.165, 1.54) is 16.8 Å². The molecule has 3 aromatic rings. The molecular weight excluding hydrogens is 437 g/mol. The molecule has 0 amide bonds. The summed E-state index contributed by atoms with van der Waals surface area (Å²) in [4.78, 5) is 26.1. The SMILES string of the molecule is Cn1ccc2c(OC3CC4(C3)CN(CCNc3cn[nH]c(=O)c3Cl)C4)ccc(F)c2c1=O. The second-order valence-corrected chi connectivity index (χ2v) is 9.16. The lowest BCUT2D eigenvalue weighted by atomic mass is 9.62. The first-order chi connectivity index (χ1) is 15.3. The number of nitrogens with zero attached hydrogens (tertiary/aromatic N) is 3. The Morgan fingerprint density at radius 3 is 2.88 bits per heavy atom. The van der Waals surface area contributed by atoms with Gasteiger partial charge < -0.3 is 19.5 Å². The monoisotopic (exact) mass is 459 g/mol. The van der Waals surface area contributed by atoms with Crippen molar-refractivity contribution in [1.29, 1.82) is 0 Å². The fraction of sp³-hybridized carbons (Fsp3) is 0.409. The molecule has 0 radical (unpaired) electrons. The van der Waals surface area contributed by atoms with Crippen molar-refractivity contribution in [2.75, 3.05) is 31.5 Å². The van der Waals surface area contributed by atoms with Crippen molar-refractivity contribution in [3.05, 3.63) is 62.1 Å². The highest BCUT2D eigenvalue weighted by Crippen LogP contribution is 2.49. The van der Waals surface area contributed by atoms with Crippen molar-refractivity contribution in [3.63, 3.8) is 0 Å². The lowest BCUT2D eigenvalue weighted by Crippen LogP contribution is -2.65. The highest BCUT2D eigenvalue weighted by atomic mass is 35.5. The molecule has 2 fully saturated rings. The standard InChI is InChI=1S/C22H23ClFN5O3/c1-28-6-4-14-17(3-2-15(24)18(14)21(28)31)32-13-8-22(9-13)11-29(12-22)7-5-25-16-10-26-27-20(30)19(16)23/h2-4,6,10,13H,5,7-9,11-12H2,1H3,(H2,25,27,30). The third-order valence-electron chi connectivity index (χ3n) is 6.43. The van der Waals surface area contributed by atoms with E-state index in [1.807, 2.05) is 0 Å². The van der Waals surface area contributed by atoms with E-state index in [-0.39, 0.29) is 27.5 Å². The Morgan fingerprint density at radius 2 is 2.09 bits per heavy atom. The lowest BCUT2D eigenvalue weighted by Gasteiger charge is -2.58. The van der Waals surface area contributed by atoms with Crippen LogP contribution in [0, 0.1) is 11.2 Å². The number of pyridine rings is 1. The molecule has 1 spiro atoms. The lowest BCUT2D eigenvalue weighted by molar-refractivity contribution is -0.117. The van der Waals surface area contributed by atoms with Crippen LogP contribution >= 0.6 is 11.6 Å². The predicted molar refractivity (Wildman–Crippen MR) is 120 cm³/mol. The Kier molecular flexibility index (Phi) is 5.17.